The molecule has 2 saturated heterocycles. The topological polar surface area (TPSA) is 49.0 Å². The Hall–Kier alpha value is -0.810. The van der Waals surface area contributed by atoms with E-state index in [-0.39, 0.29) is 5.56 Å². The summed E-state index contributed by atoms with van der Waals surface area (Å²) >= 11 is 1.74. The molecule has 5 heteroatoms. The molecule has 3 rings (SSSR count). The number of hydrogen-bond donors (Lipinski definition) is 1. The molecule has 0 aliphatic carbocycles. The number of thioether (sulfide) groups is 1. The van der Waals surface area contributed by atoms with Crippen LogP contribution in [-0.4, -0.2) is 33.7 Å². The Kier molecular flexibility index (Phi) is 4.17. The first kappa shape index (κ1) is 14.1. The van der Waals surface area contributed by atoms with Gasteiger partial charge in [0.1, 0.15) is 0 Å². The lowest BCUT2D eigenvalue weighted by Crippen LogP contribution is -2.32. The molecule has 4 nitrogen and oxygen atoms in total. The van der Waals surface area contributed by atoms with Crippen LogP contribution in [0.5, 0.6) is 0 Å². The lowest BCUT2D eigenvalue weighted by molar-refractivity contribution is 0.175. The van der Waals surface area contributed by atoms with Crippen LogP contribution in [0, 0.1) is 11.8 Å². The molecule has 0 aromatic carbocycles. The number of aromatic nitrogens is 2. The summed E-state index contributed by atoms with van der Waals surface area (Å²) in [5.41, 5.74) is 1.01. The Balaban J connectivity index is 1.85. The van der Waals surface area contributed by atoms with Gasteiger partial charge in [0.25, 0.3) is 5.56 Å². The number of hydrogen-bond acceptors (Lipinski definition) is 4. The molecule has 2 aliphatic rings. The predicted molar refractivity (Wildman–Crippen MR) is 82.1 cm³/mol. The quantitative estimate of drug-likeness (QED) is 0.867. The molecule has 1 N–H and O–H groups in total. The molecule has 20 heavy (non-hydrogen) atoms. The van der Waals surface area contributed by atoms with Gasteiger partial charge in [-0.05, 0) is 37.6 Å². The first-order valence-electron chi connectivity index (χ1n) is 7.59. The van der Waals surface area contributed by atoms with Crippen molar-refractivity contribution in [1.82, 2.24) is 14.9 Å². The fourth-order valence-electron chi connectivity index (χ4n) is 3.26. The van der Waals surface area contributed by atoms with Gasteiger partial charge in [-0.15, -0.1) is 11.8 Å². The van der Waals surface area contributed by atoms with E-state index < -0.39 is 0 Å². The van der Waals surface area contributed by atoms with Gasteiger partial charge in [-0.25, -0.2) is 0 Å². The number of piperidine rings is 1. The minimum absolute atomic E-state index is 0.0879. The maximum absolute atomic E-state index is 11.6. The zero-order valence-electron chi connectivity index (χ0n) is 12.3. The third-order valence-electron chi connectivity index (χ3n) is 4.27. The molecular formula is C15H23N3OS. The first-order chi connectivity index (χ1) is 9.63. The number of aromatic amines is 1. The van der Waals surface area contributed by atoms with Crippen LogP contribution in [0.1, 0.15) is 44.8 Å². The average molecular weight is 293 g/mol. The highest BCUT2D eigenvalue weighted by molar-refractivity contribution is 7.99. The van der Waals surface area contributed by atoms with Gasteiger partial charge in [-0.3, -0.25) is 14.7 Å². The Bertz CT molecular complexity index is 528. The van der Waals surface area contributed by atoms with Crippen molar-refractivity contribution in [3.8, 4) is 0 Å². The smallest absolute Gasteiger partial charge is 0.267 e. The first-order valence-corrected chi connectivity index (χ1v) is 8.58. The molecule has 110 valence electrons. The molecule has 2 fully saturated rings. The molecule has 3 atom stereocenters. The monoisotopic (exact) mass is 293 g/mol. The second kappa shape index (κ2) is 5.90. The Morgan fingerprint density at radius 2 is 2.30 bits per heavy atom. The summed E-state index contributed by atoms with van der Waals surface area (Å²) in [6, 6.07) is 0.403. The number of nitrogens with zero attached hydrogens (tertiary/aromatic N) is 2. The van der Waals surface area contributed by atoms with Gasteiger partial charge in [0, 0.05) is 12.3 Å². The Morgan fingerprint density at radius 1 is 1.45 bits per heavy atom. The molecule has 0 spiro atoms. The van der Waals surface area contributed by atoms with E-state index in [2.05, 4.69) is 28.7 Å². The summed E-state index contributed by atoms with van der Waals surface area (Å²) in [5, 5.41) is 0.988. The van der Waals surface area contributed by atoms with Crippen LogP contribution in [0.15, 0.2) is 16.0 Å². The molecule has 3 unspecified atom stereocenters. The van der Waals surface area contributed by atoms with Gasteiger partial charge in [-0.1, -0.05) is 13.8 Å². The maximum Gasteiger partial charge on any atom is 0.267 e. The minimum atomic E-state index is -0.0879. The standard InChI is InChI=1S/C15H23N3OS/c1-10(2)9-20-15-14(16-7-13(19)17-15)12-4-3-11-5-6-18(12)8-11/h7,10-12H,3-6,8-9H2,1-2H3,(H,17,19). The van der Waals surface area contributed by atoms with Crippen molar-refractivity contribution in [3.05, 3.63) is 22.2 Å². The Labute approximate surface area is 124 Å². The highest BCUT2D eigenvalue weighted by Gasteiger charge is 2.36. The number of H-pyrrole nitrogens is 1. The molecule has 1 aromatic heterocycles. The van der Waals surface area contributed by atoms with Crippen LogP contribution in [0.2, 0.25) is 0 Å². The summed E-state index contributed by atoms with van der Waals surface area (Å²) in [7, 11) is 0. The third kappa shape index (κ3) is 2.93. The molecular weight excluding hydrogens is 270 g/mol. The molecule has 0 amide bonds. The second-order valence-electron chi connectivity index (χ2n) is 6.41. The van der Waals surface area contributed by atoms with Crippen LogP contribution < -0.4 is 5.56 Å². The van der Waals surface area contributed by atoms with Crippen molar-refractivity contribution in [2.45, 2.75) is 44.2 Å². The fraction of sp³-hybridized carbons (Fsp3) is 0.733. The van der Waals surface area contributed by atoms with E-state index in [1.807, 2.05) is 0 Å². The molecule has 0 radical (unpaired) electrons. The van der Waals surface area contributed by atoms with Crippen LogP contribution in [0.25, 0.3) is 0 Å². The SMILES string of the molecule is CC(C)CSc1[nH]c(=O)cnc1C1CCC2CCN1C2. The molecule has 1 aromatic rings. The van der Waals surface area contributed by atoms with Gasteiger partial charge in [-0.2, -0.15) is 0 Å². The van der Waals surface area contributed by atoms with Crippen molar-refractivity contribution < 1.29 is 0 Å². The summed E-state index contributed by atoms with van der Waals surface area (Å²) in [6.45, 7) is 6.80. The zero-order chi connectivity index (χ0) is 14.1. The summed E-state index contributed by atoms with van der Waals surface area (Å²) in [6.07, 6.45) is 5.25. The van der Waals surface area contributed by atoms with Crippen molar-refractivity contribution in [1.29, 1.82) is 0 Å². The zero-order valence-corrected chi connectivity index (χ0v) is 13.1. The normalized spacial score (nSPS) is 29.1. The molecule has 3 heterocycles. The summed E-state index contributed by atoms with van der Waals surface area (Å²) in [4.78, 5) is 21.6. The largest absolute Gasteiger partial charge is 0.314 e. The fourth-order valence-corrected chi connectivity index (χ4v) is 4.27. The predicted octanol–water partition coefficient (Wildman–Crippen LogP) is 2.67. The van der Waals surface area contributed by atoms with Gasteiger partial charge >= 0.3 is 0 Å². The lowest BCUT2D eigenvalue weighted by atomic mass is 9.95. The van der Waals surface area contributed by atoms with Gasteiger partial charge in [0.2, 0.25) is 0 Å². The minimum Gasteiger partial charge on any atom is -0.314 e. The van der Waals surface area contributed by atoms with E-state index >= 15 is 0 Å². The highest BCUT2D eigenvalue weighted by Crippen LogP contribution is 2.40. The Morgan fingerprint density at radius 3 is 3.10 bits per heavy atom. The van der Waals surface area contributed by atoms with E-state index in [9.17, 15) is 4.79 Å². The van der Waals surface area contributed by atoms with E-state index in [1.165, 1.54) is 38.5 Å². The number of nitrogens with one attached hydrogen (secondary N) is 1. The van der Waals surface area contributed by atoms with E-state index in [0.29, 0.717) is 12.0 Å². The van der Waals surface area contributed by atoms with Crippen LogP contribution in [0.4, 0.5) is 0 Å². The highest BCUT2D eigenvalue weighted by atomic mass is 32.2. The van der Waals surface area contributed by atoms with E-state index in [0.717, 1.165) is 22.4 Å². The van der Waals surface area contributed by atoms with Crippen molar-refractivity contribution in [2.24, 2.45) is 11.8 Å². The molecule has 2 bridgehead atoms. The van der Waals surface area contributed by atoms with Crippen LogP contribution >= 0.6 is 11.8 Å². The third-order valence-corrected chi connectivity index (χ3v) is 5.71. The van der Waals surface area contributed by atoms with Crippen molar-refractivity contribution in [2.75, 3.05) is 18.8 Å². The number of rotatable bonds is 4. The lowest BCUT2D eigenvalue weighted by Gasteiger charge is -2.32. The molecule has 0 saturated carbocycles. The van der Waals surface area contributed by atoms with Gasteiger partial charge in [0.05, 0.1) is 23.0 Å². The van der Waals surface area contributed by atoms with Crippen LogP contribution in [-0.2, 0) is 0 Å². The van der Waals surface area contributed by atoms with E-state index in [4.69, 9.17) is 0 Å². The van der Waals surface area contributed by atoms with Crippen molar-refractivity contribution >= 4 is 11.8 Å². The van der Waals surface area contributed by atoms with Gasteiger partial charge in [0.15, 0.2) is 0 Å². The van der Waals surface area contributed by atoms with Crippen LogP contribution in [0.3, 0.4) is 0 Å². The van der Waals surface area contributed by atoms with Crippen molar-refractivity contribution in [3.63, 3.8) is 0 Å². The van der Waals surface area contributed by atoms with E-state index in [1.54, 1.807) is 11.8 Å². The summed E-state index contributed by atoms with van der Waals surface area (Å²) in [5.74, 6) is 2.52. The maximum atomic E-state index is 11.6. The second-order valence-corrected chi connectivity index (χ2v) is 7.44. The number of fused-ring (bicyclic) bond motifs is 2. The molecule has 2 aliphatic heterocycles. The average Bonchev–Trinajstić information content (AvgIpc) is 2.79. The van der Waals surface area contributed by atoms with Gasteiger partial charge < -0.3 is 4.98 Å². The summed E-state index contributed by atoms with van der Waals surface area (Å²) < 4.78 is 0.